The number of carbonyl (C=O) groups is 4. The Balaban J connectivity index is 0.595. The molecule has 8 aliphatic rings. The van der Waals surface area contributed by atoms with Gasteiger partial charge in [-0.1, -0.05) is 182 Å². The first-order valence-electron chi connectivity index (χ1n) is 35.6. The second kappa shape index (κ2) is 29.8. The van der Waals surface area contributed by atoms with E-state index in [9.17, 15) is 19.2 Å². The molecule has 8 heteroatoms. The van der Waals surface area contributed by atoms with E-state index in [2.05, 4.69) is 92.0 Å². The highest BCUT2D eigenvalue weighted by Gasteiger charge is 2.61. The quantitative estimate of drug-likeness (QED) is 0.0406. The lowest BCUT2D eigenvalue weighted by atomic mass is 9.47. The first kappa shape index (κ1) is 65.3. The van der Waals surface area contributed by atoms with Crippen LogP contribution in [-0.4, -0.2) is 49.1 Å². The predicted octanol–water partition coefficient (Wildman–Crippen LogP) is 18.6. The summed E-state index contributed by atoms with van der Waals surface area (Å²) < 4.78 is 12.1. The van der Waals surface area contributed by atoms with Crippen LogP contribution in [0.1, 0.15) is 300 Å². The van der Waals surface area contributed by atoms with Gasteiger partial charge in [0.2, 0.25) is 11.8 Å². The van der Waals surface area contributed by atoms with Crippen LogP contribution in [0.15, 0.2) is 23.3 Å². The number of ether oxygens (including phenoxy) is 2. The first-order valence-corrected chi connectivity index (χ1v) is 35.6. The maximum Gasteiger partial charge on any atom is 0.306 e. The van der Waals surface area contributed by atoms with Gasteiger partial charge in [-0.25, -0.2) is 0 Å². The van der Waals surface area contributed by atoms with E-state index in [0.717, 1.165) is 135 Å². The van der Waals surface area contributed by atoms with E-state index >= 15 is 0 Å². The summed E-state index contributed by atoms with van der Waals surface area (Å²) in [7, 11) is 0. The third-order valence-corrected chi connectivity index (χ3v) is 25.5. The fourth-order valence-corrected chi connectivity index (χ4v) is 20.7. The number of unbranched alkanes of at least 4 members (excludes halogenated alkanes) is 9. The maximum atomic E-state index is 13.0. The molecule has 2 amide bonds. The van der Waals surface area contributed by atoms with E-state index in [1.165, 1.54) is 141 Å². The highest BCUT2D eigenvalue weighted by atomic mass is 16.5. The molecule has 0 radical (unpaired) electrons. The van der Waals surface area contributed by atoms with E-state index in [4.69, 9.17) is 9.47 Å². The van der Waals surface area contributed by atoms with E-state index < -0.39 is 0 Å². The number of fused-ring (bicyclic) bond motifs is 10. The van der Waals surface area contributed by atoms with Gasteiger partial charge < -0.3 is 20.1 Å². The largest absolute Gasteiger partial charge is 0.462 e. The summed E-state index contributed by atoms with van der Waals surface area (Å²) in [6, 6.07) is 0. The summed E-state index contributed by atoms with van der Waals surface area (Å²) in [6.07, 6.45) is 44.9. The molecule has 82 heavy (non-hydrogen) atoms. The molecule has 8 nitrogen and oxygen atoms in total. The number of rotatable bonds is 31. The lowest BCUT2D eigenvalue weighted by Crippen LogP contribution is -2.51. The lowest BCUT2D eigenvalue weighted by Gasteiger charge is -2.58. The van der Waals surface area contributed by atoms with Crippen molar-refractivity contribution in [2.75, 3.05) is 13.1 Å². The molecule has 0 bridgehead atoms. The molecule has 0 saturated heterocycles. The van der Waals surface area contributed by atoms with Gasteiger partial charge in [-0.3, -0.25) is 19.2 Å². The van der Waals surface area contributed by atoms with Gasteiger partial charge in [0.05, 0.1) is 12.8 Å². The summed E-state index contributed by atoms with van der Waals surface area (Å²) in [5, 5.41) is 6.09. The smallest absolute Gasteiger partial charge is 0.306 e. The second-order valence-corrected chi connectivity index (χ2v) is 31.5. The zero-order valence-corrected chi connectivity index (χ0v) is 54.6. The van der Waals surface area contributed by atoms with Crippen molar-refractivity contribution in [3.8, 4) is 0 Å². The Morgan fingerprint density at radius 2 is 0.829 bits per heavy atom. The van der Waals surface area contributed by atoms with E-state index in [1.54, 1.807) is 11.1 Å². The molecule has 0 unspecified atom stereocenters. The average molecular weight is 1140 g/mol. The van der Waals surface area contributed by atoms with Crippen LogP contribution < -0.4 is 10.6 Å². The van der Waals surface area contributed by atoms with Gasteiger partial charge in [0, 0.05) is 38.8 Å². The number of hydrogen-bond donors (Lipinski definition) is 2. The number of amides is 2. The SMILES string of the molecule is CC(C)CCC[C@@H](C)[C@H]1CC[C@H]2[C@@H]3CC=C4C[C@@H](OC(=O)CCC(=O)NCCCCCCCCCCCCNC(=O)CCC(=O)O[C@H]5CC[C@@]6(C)C(=CC[C@H]7[C@@H]8CC[C@H]([C@H](C)CCCC(C)C)[C@@]8(C)CC[C@@H]76)C5)CC[C@]4(C)[C@H]3CC[C@]12C. The molecule has 8 rings (SSSR count). The number of allylic oxidation sites excluding steroid dienone is 2. The van der Waals surface area contributed by atoms with Crippen molar-refractivity contribution in [1.82, 2.24) is 10.6 Å². The lowest BCUT2D eigenvalue weighted by molar-refractivity contribution is -0.153. The van der Waals surface area contributed by atoms with Crippen LogP contribution in [0.2, 0.25) is 0 Å². The van der Waals surface area contributed by atoms with Gasteiger partial charge in [0.25, 0.3) is 0 Å². The van der Waals surface area contributed by atoms with Crippen molar-refractivity contribution in [2.45, 2.75) is 313 Å². The van der Waals surface area contributed by atoms with Gasteiger partial charge in [0.1, 0.15) is 12.2 Å². The number of hydrogen-bond acceptors (Lipinski definition) is 6. The first-order chi connectivity index (χ1) is 39.2. The third kappa shape index (κ3) is 15.9. The molecule has 466 valence electrons. The maximum absolute atomic E-state index is 13.0. The number of esters is 2. The molecule has 0 heterocycles. The summed E-state index contributed by atoms with van der Waals surface area (Å²) >= 11 is 0. The van der Waals surface area contributed by atoms with Crippen LogP contribution in [0.25, 0.3) is 0 Å². The molecule has 0 aromatic carbocycles. The molecule has 0 aromatic heterocycles. The zero-order valence-electron chi connectivity index (χ0n) is 54.6. The molecule has 0 aromatic rings. The minimum atomic E-state index is -0.222. The Morgan fingerprint density at radius 1 is 0.451 bits per heavy atom. The summed E-state index contributed by atoms with van der Waals surface area (Å²) in [4.78, 5) is 51.3. The zero-order chi connectivity index (χ0) is 58.7. The molecule has 6 fully saturated rings. The molecular weight excluding hydrogens is 1010 g/mol. The Bertz CT molecular complexity index is 2000. The number of carbonyl (C=O) groups excluding carboxylic acids is 4. The fraction of sp³-hybridized carbons (Fsp3) is 0.892. The third-order valence-electron chi connectivity index (χ3n) is 25.5. The van der Waals surface area contributed by atoms with Crippen molar-refractivity contribution < 1.29 is 28.7 Å². The van der Waals surface area contributed by atoms with Crippen LogP contribution in [0.5, 0.6) is 0 Å². The minimum absolute atomic E-state index is 0.0469. The van der Waals surface area contributed by atoms with Gasteiger partial charge in [0.15, 0.2) is 0 Å². The van der Waals surface area contributed by atoms with E-state index in [-0.39, 0.29) is 72.5 Å². The molecular formula is C74H124N2O6. The van der Waals surface area contributed by atoms with E-state index in [1.807, 2.05) is 0 Å². The summed E-state index contributed by atoms with van der Waals surface area (Å²) in [5.41, 5.74) is 4.57. The normalized spacial score (nSPS) is 35.4. The van der Waals surface area contributed by atoms with Crippen molar-refractivity contribution >= 4 is 23.8 Å². The van der Waals surface area contributed by atoms with Crippen LogP contribution in [0, 0.1) is 92.7 Å². The van der Waals surface area contributed by atoms with Crippen LogP contribution in [-0.2, 0) is 28.7 Å². The Morgan fingerprint density at radius 3 is 1.21 bits per heavy atom. The molecule has 16 atom stereocenters. The predicted molar refractivity (Wildman–Crippen MR) is 337 cm³/mol. The summed E-state index contributed by atoms with van der Waals surface area (Å²) in [6.45, 7) is 26.4. The van der Waals surface area contributed by atoms with Crippen LogP contribution in [0.4, 0.5) is 0 Å². The molecule has 0 aliphatic heterocycles. The monoisotopic (exact) mass is 1140 g/mol. The molecule has 6 saturated carbocycles. The van der Waals surface area contributed by atoms with Crippen molar-refractivity contribution in [1.29, 1.82) is 0 Å². The summed E-state index contributed by atoms with van der Waals surface area (Å²) in [5.74, 6) is 9.34. The minimum Gasteiger partial charge on any atom is -0.462 e. The molecule has 0 spiro atoms. The topological polar surface area (TPSA) is 111 Å². The Kier molecular flexibility index (Phi) is 23.8. The molecule has 2 N–H and O–H groups in total. The van der Waals surface area contributed by atoms with E-state index in [0.29, 0.717) is 23.9 Å². The van der Waals surface area contributed by atoms with Gasteiger partial charge in [-0.2, -0.15) is 0 Å². The highest BCUT2D eigenvalue weighted by molar-refractivity contribution is 5.82. The Hall–Kier alpha value is -2.64. The number of nitrogens with one attached hydrogen (secondary N) is 2. The average Bonchev–Trinajstić information content (AvgIpc) is 3.10. The van der Waals surface area contributed by atoms with Gasteiger partial charge >= 0.3 is 11.9 Å². The van der Waals surface area contributed by atoms with Crippen molar-refractivity contribution in [2.24, 2.45) is 92.7 Å². The molecule has 8 aliphatic carbocycles. The van der Waals surface area contributed by atoms with Gasteiger partial charge in [-0.05, 0) is 195 Å². The second-order valence-electron chi connectivity index (χ2n) is 31.5. The fourth-order valence-electron chi connectivity index (χ4n) is 20.7. The standard InChI is InChI=1S/C74H124N2O6/c1-51(2)23-21-25-53(5)61-31-33-63-59-29-27-55-49-57(39-43-71(55,7)65(59)41-45-73(61,63)9)81-69(79)37-35-67(77)75-47-19-17-15-13-11-12-14-16-18-20-48-76-68(78)36-38-70(80)82-58-40-44-72(8)56(50-58)28-30-60-64-34-32-62(54(6)26-22-24-52(3)4)74(64,10)46-42-66(60)72/h27-28,51-54,57-66H,11-26,29-50H2,1-10H3,(H,75,77)(H,76,78)/t53-,54-,57+,58+,59+,60+,61-,62-,63+,64+,65+,66+,71+,72+,73-,74-/m1/s1. The highest BCUT2D eigenvalue weighted by Crippen LogP contribution is 2.69. The van der Waals surface area contributed by atoms with Crippen molar-refractivity contribution in [3.05, 3.63) is 23.3 Å². The van der Waals surface area contributed by atoms with Crippen LogP contribution in [0.3, 0.4) is 0 Å². The Labute approximate surface area is 502 Å². The van der Waals surface area contributed by atoms with Crippen LogP contribution >= 0.6 is 0 Å². The van der Waals surface area contributed by atoms with Gasteiger partial charge in [-0.15, -0.1) is 0 Å². The van der Waals surface area contributed by atoms with Crippen molar-refractivity contribution in [3.63, 3.8) is 0 Å².